The van der Waals surface area contributed by atoms with Crippen LogP contribution in [0.4, 0.5) is 4.39 Å². The molecule has 1 rings (SSSR count). The summed E-state index contributed by atoms with van der Waals surface area (Å²) in [5.74, 6) is -1.77. The van der Waals surface area contributed by atoms with Crippen LogP contribution in [0.1, 0.15) is 5.56 Å². The third-order valence-corrected chi connectivity index (χ3v) is 2.77. The Kier molecular flexibility index (Phi) is 7.34. The monoisotopic (exact) mass is 298 g/mol. The van der Waals surface area contributed by atoms with E-state index in [2.05, 4.69) is 5.32 Å². The molecule has 0 radical (unpaired) electrons. The van der Waals surface area contributed by atoms with Crippen LogP contribution in [0.3, 0.4) is 0 Å². The highest BCUT2D eigenvalue weighted by atomic mass is 19.1. The number of hydrogen-bond donors (Lipinski definition) is 2. The number of benzene rings is 1. The molecule has 1 aromatic rings. The molecule has 116 valence electrons. The lowest BCUT2D eigenvalue weighted by Gasteiger charge is -2.19. The topological polar surface area (TPSA) is 78.9 Å². The van der Waals surface area contributed by atoms with E-state index in [-0.39, 0.29) is 31.4 Å². The van der Waals surface area contributed by atoms with E-state index in [0.717, 1.165) is 0 Å². The Labute approximate surface area is 122 Å². The zero-order valence-electron chi connectivity index (χ0n) is 11.8. The number of methoxy groups -OCH3 is 1. The van der Waals surface area contributed by atoms with Gasteiger partial charge in [0.1, 0.15) is 5.82 Å². The van der Waals surface area contributed by atoms with E-state index in [4.69, 9.17) is 9.84 Å². The molecule has 0 heterocycles. The fourth-order valence-electron chi connectivity index (χ4n) is 1.72. The summed E-state index contributed by atoms with van der Waals surface area (Å²) in [6.45, 7) is 0.390. The van der Waals surface area contributed by atoms with E-state index in [0.29, 0.717) is 18.7 Å². The second-order valence-corrected chi connectivity index (χ2v) is 4.47. The Balaban J connectivity index is 2.46. The molecule has 2 N–H and O–H groups in total. The van der Waals surface area contributed by atoms with E-state index in [1.165, 1.54) is 18.1 Å². The number of hydrogen-bond acceptors (Lipinski definition) is 4. The summed E-state index contributed by atoms with van der Waals surface area (Å²) in [6, 6.07) is 6.15. The number of halogens is 1. The summed E-state index contributed by atoms with van der Waals surface area (Å²) < 4.78 is 18.2. The molecule has 0 fully saturated rings. The minimum Gasteiger partial charge on any atom is -0.480 e. The summed E-state index contributed by atoms with van der Waals surface area (Å²) in [5.41, 5.74) is 0.382. The third-order valence-electron chi connectivity index (χ3n) is 2.77. The van der Waals surface area contributed by atoms with E-state index in [1.54, 1.807) is 18.2 Å². The minimum atomic E-state index is -1.02. The molecule has 0 saturated heterocycles. The van der Waals surface area contributed by atoms with Crippen LogP contribution in [0.15, 0.2) is 24.3 Å². The van der Waals surface area contributed by atoms with Gasteiger partial charge >= 0.3 is 5.97 Å². The Morgan fingerprint density at radius 2 is 2.05 bits per heavy atom. The zero-order chi connectivity index (χ0) is 15.7. The molecular weight excluding hydrogens is 279 g/mol. The van der Waals surface area contributed by atoms with E-state index in [1.807, 2.05) is 0 Å². The van der Waals surface area contributed by atoms with Gasteiger partial charge in [-0.25, -0.2) is 4.39 Å². The van der Waals surface area contributed by atoms with Crippen LogP contribution in [-0.2, 0) is 20.9 Å². The van der Waals surface area contributed by atoms with Gasteiger partial charge in [0, 0.05) is 25.8 Å². The maximum absolute atomic E-state index is 13.4. The number of carboxylic acid groups (broad SMARTS) is 1. The highest BCUT2D eigenvalue weighted by Crippen LogP contribution is 2.05. The molecule has 0 saturated carbocycles. The van der Waals surface area contributed by atoms with Gasteiger partial charge in [-0.2, -0.15) is 0 Å². The maximum Gasteiger partial charge on any atom is 0.317 e. The average molecular weight is 298 g/mol. The summed E-state index contributed by atoms with van der Waals surface area (Å²) in [6.07, 6.45) is 0. The van der Waals surface area contributed by atoms with Crippen molar-refractivity contribution in [2.24, 2.45) is 0 Å². The summed E-state index contributed by atoms with van der Waals surface area (Å²) in [7, 11) is 1.50. The van der Waals surface area contributed by atoms with Crippen molar-refractivity contribution in [3.05, 3.63) is 35.6 Å². The minimum absolute atomic E-state index is 0.0662. The van der Waals surface area contributed by atoms with E-state index >= 15 is 0 Å². The molecule has 1 aromatic carbocycles. The molecule has 0 bridgehead atoms. The number of nitrogens with one attached hydrogen (secondary N) is 1. The Morgan fingerprint density at radius 3 is 2.67 bits per heavy atom. The van der Waals surface area contributed by atoms with Gasteiger partial charge in [0.2, 0.25) is 5.91 Å². The van der Waals surface area contributed by atoms with Crippen LogP contribution in [0.2, 0.25) is 0 Å². The fraction of sp³-hybridized carbons (Fsp3) is 0.429. The number of nitrogens with zero attached hydrogens (tertiary/aromatic N) is 1. The van der Waals surface area contributed by atoms with Gasteiger partial charge in [-0.05, 0) is 6.07 Å². The Morgan fingerprint density at radius 1 is 1.33 bits per heavy atom. The predicted octanol–water partition coefficient (Wildman–Crippen LogP) is 0.475. The third kappa shape index (κ3) is 6.82. The second kappa shape index (κ2) is 9.04. The number of carboxylic acids is 1. The van der Waals surface area contributed by atoms with Crippen LogP contribution in [0.5, 0.6) is 0 Å². The predicted molar refractivity (Wildman–Crippen MR) is 74.2 cm³/mol. The van der Waals surface area contributed by atoms with Crippen molar-refractivity contribution in [2.75, 3.05) is 33.4 Å². The first-order valence-corrected chi connectivity index (χ1v) is 6.46. The Bertz CT molecular complexity index is 482. The first kappa shape index (κ1) is 17.1. The molecule has 0 unspecified atom stereocenters. The van der Waals surface area contributed by atoms with Crippen molar-refractivity contribution in [1.29, 1.82) is 0 Å². The quantitative estimate of drug-likeness (QED) is 0.693. The van der Waals surface area contributed by atoms with Crippen molar-refractivity contribution >= 4 is 11.9 Å². The highest BCUT2D eigenvalue weighted by Gasteiger charge is 2.14. The molecule has 0 aromatic heterocycles. The van der Waals surface area contributed by atoms with Crippen LogP contribution in [0.25, 0.3) is 0 Å². The molecular formula is C14H19FN2O4. The number of aliphatic carboxylic acids is 1. The van der Waals surface area contributed by atoms with E-state index in [9.17, 15) is 14.0 Å². The van der Waals surface area contributed by atoms with Crippen molar-refractivity contribution in [3.63, 3.8) is 0 Å². The van der Waals surface area contributed by atoms with Crippen molar-refractivity contribution < 1.29 is 23.8 Å². The summed E-state index contributed by atoms with van der Waals surface area (Å²) in [4.78, 5) is 23.9. The molecule has 0 spiro atoms. The summed E-state index contributed by atoms with van der Waals surface area (Å²) in [5, 5.41) is 11.3. The molecule has 7 heteroatoms. The molecule has 0 aliphatic carbocycles. The average Bonchev–Trinajstić information content (AvgIpc) is 2.43. The normalized spacial score (nSPS) is 10.6. The van der Waals surface area contributed by atoms with Gasteiger partial charge in [0.25, 0.3) is 0 Å². The Hall–Kier alpha value is -1.99. The van der Waals surface area contributed by atoms with Gasteiger partial charge in [-0.15, -0.1) is 0 Å². The number of carbonyl (C=O) groups excluding carboxylic acids is 1. The molecule has 6 nitrogen and oxygen atoms in total. The van der Waals surface area contributed by atoms with Gasteiger partial charge in [-0.1, -0.05) is 18.2 Å². The standard InChI is InChI=1S/C14H19FN2O4/c1-21-7-6-17(10-14(19)20)9-13(18)16-8-11-4-2-3-5-12(11)15/h2-5H,6-10H2,1H3,(H,16,18)(H,19,20). The molecule has 0 atom stereocenters. The first-order valence-electron chi connectivity index (χ1n) is 6.46. The first-order chi connectivity index (χ1) is 10.0. The van der Waals surface area contributed by atoms with Crippen LogP contribution in [-0.4, -0.2) is 55.2 Å². The van der Waals surface area contributed by atoms with Crippen molar-refractivity contribution in [3.8, 4) is 0 Å². The smallest absolute Gasteiger partial charge is 0.317 e. The van der Waals surface area contributed by atoms with Crippen molar-refractivity contribution in [1.82, 2.24) is 10.2 Å². The van der Waals surface area contributed by atoms with Crippen molar-refractivity contribution in [2.45, 2.75) is 6.54 Å². The fourth-order valence-corrected chi connectivity index (χ4v) is 1.72. The molecule has 0 aliphatic heterocycles. The maximum atomic E-state index is 13.4. The second-order valence-electron chi connectivity index (χ2n) is 4.47. The van der Waals surface area contributed by atoms with Gasteiger partial charge in [0.05, 0.1) is 19.7 Å². The SMILES string of the molecule is COCCN(CC(=O)O)CC(=O)NCc1ccccc1F. The largest absolute Gasteiger partial charge is 0.480 e. The van der Waals surface area contributed by atoms with Gasteiger partial charge in [-0.3, -0.25) is 14.5 Å². The lowest BCUT2D eigenvalue weighted by atomic mass is 10.2. The summed E-state index contributed by atoms with van der Waals surface area (Å²) >= 11 is 0. The molecule has 21 heavy (non-hydrogen) atoms. The van der Waals surface area contributed by atoms with Crippen LogP contribution >= 0.6 is 0 Å². The lowest BCUT2D eigenvalue weighted by Crippen LogP contribution is -2.41. The zero-order valence-corrected chi connectivity index (χ0v) is 11.8. The number of carbonyl (C=O) groups is 2. The van der Waals surface area contributed by atoms with Gasteiger partial charge in [0.15, 0.2) is 0 Å². The number of ether oxygens (including phenoxy) is 1. The van der Waals surface area contributed by atoms with Crippen LogP contribution < -0.4 is 5.32 Å². The molecule has 1 amide bonds. The van der Waals surface area contributed by atoms with Crippen LogP contribution in [0, 0.1) is 5.82 Å². The van der Waals surface area contributed by atoms with E-state index < -0.39 is 5.97 Å². The van der Waals surface area contributed by atoms with Gasteiger partial charge < -0.3 is 15.2 Å². The lowest BCUT2D eigenvalue weighted by molar-refractivity contribution is -0.138. The molecule has 0 aliphatic rings. The highest BCUT2D eigenvalue weighted by molar-refractivity contribution is 5.79. The number of rotatable bonds is 9. The number of amides is 1.